The van der Waals surface area contributed by atoms with E-state index in [4.69, 9.17) is 4.74 Å². The second-order valence-corrected chi connectivity index (χ2v) is 13.1. The van der Waals surface area contributed by atoms with Gasteiger partial charge in [-0.2, -0.15) is 0 Å². The van der Waals surface area contributed by atoms with Crippen molar-refractivity contribution in [3.63, 3.8) is 0 Å². The van der Waals surface area contributed by atoms with Gasteiger partial charge in [0, 0.05) is 41.1 Å². The Kier molecular flexibility index (Phi) is 4.18. The van der Waals surface area contributed by atoms with E-state index in [0.29, 0.717) is 24.3 Å². The van der Waals surface area contributed by atoms with Gasteiger partial charge in [0.25, 0.3) is 5.91 Å². The van der Waals surface area contributed by atoms with Crippen LogP contribution in [0.15, 0.2) is 41.3 Å². The third kappa shape index (κ3) is 2.47. The lowest BCUT2D eigenvalue weighted by atomic mass is 9.38. The first-order chi connectivity index (χ1) is 17.4. The molecule has 3 fully saturated rings. The average molecular weight is 505 g/mol. The summed E-state index contributed by atoms with van der Waals surface area (Å²) in [4.78, 5) is 19.5. The number of thiophene rings is 1. The maximum Gasteiger partial charge on any atom is 0.252 e. The summed E-state index contributed by atoms with van der Waals surface area (Å²) in [5.74, 6) is 1.37. The average Bonchev–Trinajstić information content (AvgIpc) is 3.38. The van der Waals surface area contributed by atoms with Crippen molar-refractivity contribution in [1.29, 1.82) is 0 Å². The van der Waals surface area contributed by atoms with Gasteiger partial charge in [-0.1, -0.05) is 18.2 Å². The summed E-state index contributed by atoms with van der Waals surface area (Å²) < 4.78 is 6.61. The molecule has 0 radical (unpaired) electrons. The van der Waals surface area contributed by atoms with Gasteiger partial charge in [0.05, 0.1) is 12.0 Å². The van der Waals surface area contributed by atoms with Gasteiger partial charge in [-0.15, -0.1) is 11.3 Å². The van der Waals surface area contributed by atoms with Gasteiger partial charge in [-0.3, -0.25) is 9.69 Å². The quantitative estimate of drug-likeness (QED) is 0.651. The number of aromatic hydroxyl groups is 1. The number of benzene rings is 1. The molecule has 1 aromatic heterocycles. The van der Waals surface area contributed by atoms with Crippen LogP contribution in [0.3, 0.4) is 0 Å². The summed E-state index contributed by atoms with van der Waals surface area (Å²) in [7, 11) is 1.83. The highest BCUT2D eigenvalue weighted by atomic mass is 32.1. The van der Waals surface area contributed by atoms with Crippen molar-refractivity contribution in [3.05, 3.63) is 57.3 Å². The van der Waals surface area contributed by atoms with Crippen LogP contribution in [0.1, 0.15) is 48.1 Å². The largest absolute Gasteiger partial charge is 0.504 e. The van der Waals surface area contributed by atoms with Gasteiger partial charge < -0.3 is 19.8 Å². The monoisotopic (exact) mass is 504 g/mol. The maximum absolute atomic E-state index is 14.0. The zero-order chi connectivity index (χ0) is 24.4. The summed E-state index contributed by atoms with van der Waals surface area (Å²) in [6, 6.07) is 8.14. The molecule has 2 aliphatic heterocycles. The number of hydrogen-bond acceptors (Lipinski definition) is 6. The third-order valence-corrected chi connectivity index (χ3v) is 11.2. The number of rotatable bonds is 5. The van der Waals surface area contributed by atoms with Gasteiger partial charge in [0.1, 0.15) is 11.7 Å². The Morgan fingerprint density at radius 3 is 2.89 bits per heavy atom. The van der Waals surface area contributed by atoms with E-state index in [-0.39, 0.29) is 23.1 Å². The number of carbonyl (C=O) groups excluding carboxylic acids is 1. The van der Waals surface area contributed by atoms with Crippen LogP contribution in [-0.2, 0) is 23.2 Å². The molecule has 2 N–H and O–H groups in total. The van der Waals surface area contributed by atoms with E-state index in [1.165, 1.54) is 18.4 Å². The fraction of sp³-hybridized carbons (Fsp3) is 0.552. The number of phenolic OH excluding ortho intramolecular Hbond substituents is 1. The van der Waals surface area contributed by atoms with Gasteiger partial charge in [-0.25, -0.2) is 0 Å². The number of carbonyl (C=O) groups is 1. The van der Waals surface area contributed by atoms with Crippen LogP contribution in [0.2, 0.25) is 0 Å². The van der Waals surface area contributed by atoms with Gasteiger partial charge in [0.15, 0.2) is 11.5 Å². The van der Waals surface area contributed by atoms with Crippen molar-refractivity contribution in [1.82, 2.24) is 9.80 Å². The highest BCUT2D eigenvalue weighted by Crippen LogP contribution is 2.74. The highest BCUT2D eigenvalue weighted by Gasteiger charge is 2.78. The zero-order valence-electron chi connectivity index (χ0n) is 20.6. The smallest absolute Gasteiger partial charge is 0.252 e. The van der Waals surface area contributed by atoms with Crippen molar-refractivity contribution >= 4 is 17.2 Å². The Morgan fingerprint density at radius 2 is 2.11 bits per heavy atom. The molecular weight excluding hydrogens is 472 g/mol. The topological polar surface area (TPSA) is 73.2 Å². The number of amides is 1. The number of fused-ring (bicyclic) bond motifs is 1. The van der Waals surface area contributed by atoms with E-state index in [2.05, 4.69) is 17.0 Å². The fourth-order valence-corrected chi connectivity index (χ4v) is 9.47. The molecule has 7 heteroatoms. The van der Waals surface area contributed by atoms with Gasteiger partial charge >= 0.3 is 0 Å². The molecular formula is C29H32N2O4S. The van der Waals surface area contributed by atoms with Crippen LogP contribution in [0, 0.1) is 11.3 Å². The van der Waals surface area contributed by atoms with E-state index in [0.717, 1.165) is 48.7 Å². The molecule has 5 atom stereocenters. The highest BCUT2D eigenvalue weighted by molar-refractivity contribution is 7.09. The minimum atomic E-state index is -1.37. The summed E-state index contributed by atoms with van der Waals surface area (Å²) >= 11 is 1.64. The van der Waals surface area contributed by atoms with E-state index in [9.17, 15) is 15.0 Å². The first kappa shape index (κ1) is 21.7. The van der Waals surface area contributed by atoms with Crippen molar-refractivity contribution in [2.45, 2.75) is 68.2 Å². The van der Waals surface area contributed by atoms with Crippen LogP contribution in [-0.4, -0.2) is 63.8 Å². The van der Waals surface area contributed by atoms with Crippen LogP contribution in [0.25, 0.3) is 0 Å². The molecule has 1 amide bonds. The first-order valence-electron chi connectivity index (χ1n) is 13.4. The Hall–Kier alpha value is -2.35. The predicted molar refractivity (Wildman–Crippen MR) is 136 cm³/mol. The minimum absolute atomic E-state index is 0.110. The summed E-state index contributed by atoms with van der Waals surface area (Å²) in [6.07, 6.45) is 7.42. The normalized spacial score (nSPS) is 37.3. The number of nitrogens with zero attached hydrogens (tertiary/aromatic N) is 2. The van der Waals surface area contributed by atoms with Gasteiger partial charge in [-0.05, 0) is 74.1 Å². The minimum Gasteiger partial charge on any atom is -0.504 e. The lowest BCUT2D eigenvalue weighted by Gasteiger charge is -2.70. The van der Waals surface area contributed by atoms with E-state index in [1.54, 1.807) is 22.3 Å². The van der Waals surface area contributed by atoms with E-state index >= 15 is 0 Å². The molecule has 0 unspecified atom stereocenters. The molecule has 2 saturated carbocycles. The number of hydrogen-bond donors (Lipinski definition) is 2. The van der Waals surface area contributed by atoms with E-state index < -0.39 is 17.1 Å². The molecule has 4 bridgehead atoms. The SMILES string of the molecule is CN(Cc1cccs1)C(=O)C1=C[C@@]23CC[C@]1(O)[C@@H]1Oc4c(O)ccc5c4[C@@]12CCN(CC1CC1)[C@@H]3C5. The fourth-order valence-electron chi connectivity index (χ4n) is 8.71. The number of piperidine rings is 1. The molecule has 2 aromatic rings. The molecule has 36 heavy (non-hydrogen) atoms. The Morgan fingerprint density at radius 1 is 1.25 bits per heavy atom. The summed E-state index contributed by atoms with van der Waals surface area (Å²) in [5.41, 5.74) is 0.809. The van der Waals surface area contributed by atoms with E-state index in [1.807, 2.05) is 24.6 Å². The standard InChI is InChI=1S/C29H32N2O4S/c1-30(16-19-3-2-12-36-19)25(33)20-14-27-8-9-29(20,34)26-28(27)10-11-31(15-17-4-5-17)22(27)13-18-6-7-21(32)24(35-26)23(18)28/h2-3,6-7,12,14,17,22,26,32,34H,4-5,8-11,13,15-16H2,1H3/t22-,26-,27-,28+,29-/m1/s1. The molecule has 2 spiro atoms. The molecule has 9 rings (SSSR count). The van der Waals surface area contributed by atoms with Crippen molar-refractivity contribution < 1.29 is 19.7 Å². The van der Waals surface area contributed by atoms with Gasteiger partial charge in [0.2, 0.25) is 0 Å². The van der Waals surface area contributed by atoms with Crippen LogP contribution in [0.4, 0.5) is 0 Å². The van der Waals surface area contributed by atoms with Crippen LogP contribution >= 0.6 is 11.3 Å². The predicted octanol–water partition coefficient (Wildman–Crippen LogP) is 3.60. The number of likely N-dealkylation sites (N-methyl/N-ethyl adjacent to an activating group) is 1. The molecule has 188 valence electrons. The Balaban J connectivity index is 1.30. The number of phenols is 1. The third-order valence-electron chi connectivity index (χ3n) is 10.4. The lowest BCUT2D eigenvalue weighted by molar-refractivity contribution is -0.188. The molecule has 6 nitrogen and oxygen atoms in total. The summed E-state index contributed by atoms with van der Waals surface area (Å²) in [5, 5.41) is 25.3. The van der Waals surface area contributed by atoms with Crippen LogP contribution in [0.5, 0.6) is 11.5 Å². The number of ether oxygens (including phenoxy) is 1. The molecule has 3 heterocycles. The summed E-state index contributed by atoms with van der Waals surface area (Å²) in [6.45, 7) is 2.62. The van der Waals surface area contributed by atoms with Crippen LogP contribution < -0.4 is 4.74 Å². The zero-order valence-corrected chi connectivity index (χ0v) is 21.4. The second kappa shape index (κ2) is 6.94. The maximum atomic E-state index is 14.0. The second-order valence-electron chi connectivity index (χ2n) is 12.1. The van der Waals surface area contributed by atoms with Crippen molar-refractivity contribution in [2.75, 3.05) is 20.1 Å². The lowest BCUT2D eigenvalue weighted by Crippen LogP contribution is -2.78. The molecule has 1 aromatic carbocycles. The Bertz CT molecular complexity index is 1320. The van der Waals surface area contributed by atoms with Crippen molar-refractivity contribution in [3.8, 4) is 11.5 Å². The molecule has 5 aliphatic carbocycles. The first-order valence-corrected chi connectivity index (χ1v) is 14.2. The molecule has 1 saturated heterocycles. The Labute approximate surface area is 215 Å². The van der Waals surface area contributed by atoms with Crippen molar-refractivity contribution in [2.24, 2.45) is 11.3 Å². The number of likely N-dealkylation sites (tertiary alicyclic amines) is 1. The molecule has 7 aliphatic rings. The number of aliphatic hydroxyl groups is 1.